The second-order valence-corrected chi connectivity index (χ2v) is 8.64. The lowest BCUT2D eigenvalue weighted by Gasteiger charge is -2.49. The number of nitrogens with zero attached hydrogens (tertiary/aromatic N) is 4. The van der Waals surface area contributed by atoms with Crippen molar-refractivity contribution in [1.82, 2.24) is 15.0 Å². The zero-order valence-corrected chi connectivity index (χ0v) is 16.8. The van der Waals surface area contributed by atoms with Crippen molar-refractivity contribution in [3.05, 3.63) is 23.7 Å². The average Bonchev–Trinajstić information content (AvgIpc) is 2.61. The Bertz CT molecular complexity index is 830. The van der Waals surface area contributed by atoms with Crippen LogP contribution in [0.25, 0.3) is 11.0 Å². The zero-order chi connectivity index (χ0) is 19.2. The summed E-state index contributed by atoms with van der Waals surface area (Å²) in [6, 6.07) is 2.09. The lowest BCUT2D eigenvalue weighted by Crippen LogP contribution is -2.54. The number of fused-ring (bicyclic) bond motifs is 1. The number of aromatic nitrogens is 3. The van der Waals surface area contributed by atoms with E-state index < -0.39 is 0 Å². The number of aliphatic hydroxyl groups is 1. The quantitative estimate of drug-likeness (QED) is 0.875. The van der Waals surface area contributed by atoms with Crippen LogP contribution in [-0.4, -0.2) is 51.0 Å². The van der Waals surface area contributed by atoms with Gasteiger partial charge in [0.25, 0.3) is 0 Å². The van der Waals surface area contributed by atoms with Crippen LogP contribution in [0.3, 0.4) is 0 Å². The smallest absolute Gasteiger partial charge is 0.165 e. The Morgan fingerprint density at radius 2 is 1.96 bits per heavy atom. The van der Waals surface area contributed by atoms with E-state index in [0.717, 1.165) is 66.9 Å². The molecule has 2 aliphatic rings. The number of piperidine rings is 1. The second-order valence-electron chi connectivity index (χ2n) is 8.64. The van der Waals surface area contributed by atoms with Gasteiger partial charge in [0.05, 0.1) is 23.2 Å². The molecule has 1 N–H and O–H groups in total. The van der Waals surface area contributed by atoms with Crippen molar-refractivity contribution in [1.29, 1.82) is 0 Å². The van der Waals surface area contributed by atoms with Crippen molar-refractivity contribution in [3.8, 4) is 0 Å². The van der Waals surface area contributed by atoms with Gasteiger partial charge in [-0.05, 0) is 50.7 Å². The molecule has 2 atom stereocenters. The maximum Gasteiger partial charge on any atom is 0.165 e. The van der Waals surface area contributed by atoms with Crippen LogP contribution in [0.1, 0.15) is 50.8 Å². The molecule has 2 fully saturated rings. The van der Waals surface area contributed by atoms with Crippen molar-refractivity contribution in [2.24, 2.45) is 5.92 Å². The standard InChI is InChI=1S/C21H30N4O2/c1-13(2)17-10-16(26)11-21(27-17)5-7-25(8-6-21)20-18-14(3)9-15(4)24-19(18)22-12-23-20/h9,12-13,16-17,26H,5-8,10-11H2,1-4H3/t16-,17-/m1/s1. The van der Waals surface area contributed by atoms with E-state index in [-0.39, 0.29) is 17.8 Å². The van der Waals surface area contributed by atoms with Gasteiger partial charge in [-0.15, -0.1) is 0 Å². The van der Waals surface area contributed by atoms with Gasteiger partial charge in [0.1, 0.15) is 12.1 Å². The Hall–Kier alpha value is -1.79. The summed E-state index contributed by atoms with van der Waals surface area (Å²) >= 11 is 0. The summed E-state index contributed by atoms with van der Waals surface area (Å²) in [5.74, 6) is 1.40. The third-order valence-electron chi connectivity index (χ3n) is 6.14. The fourth-order valence-corrected chi connectivity index (χ4v) is 4.68. The number of pyridine rings is 1. The fraction of sp³-hybridized carbons (Fsp3) is 0.667. The first-order chi connectivity index (χ1) is 12.9. The molecule has 0 unspecified atom stereocenters. The van der Waals surface area contributed by atoms with E-state index in [9.17, 15) is 5.11 Å². The Kier molecular flexibility index (Phi) is 4.80. The van der Waals surface area contributed by atoms with E-state index >= 15 is 0 Å². The van der Waals surface area contributed by atoms with Gasteiger partial charge in [-0.2, -0.15) is 0 Å². The highest BCUT2D eigenvalue weighted by Gasteiger charge is 2.44. The number of hydrogen-bond acceptors (Lipinski definition) is 6. The van der Waals surface area contributed by atoms with E-state index in [1.54, 1.807) is 6.33 Å². The summed E-state index contributed by atoms with van der Waals surface area (Å²) < 4.78 is 6.53. The van der Waals surface area contributed by atoms with Crippen LogP contribution >= 0.6 is 0 Å². The second kappa shape index (κ2) is 6.99. The van der Waals surface area contributed by atoms with Gasteiger partial charge in [-0.3, -0.25) is 0 Å². The van der Waals surface area contributed by atoms with Gasteiger partial charge in [-0.25, -0.2) is 15.0 Å². The lowest BCUT2D eigenvalue weighted by molar-refractivity contribution is -0.183. The van der Waals surface area contributed by atoms with Crippen LogP contribution in [0, 0.1) is 19.8 Å². The summed E-state index contributed by atoms with van der Waals surface area (Å²) in [5.41, 5.74) is 2.71. The molecular formula is C21H30N4O2. The molecule has 6 nitrogen and oxygen atoms in total. The van der Waals surface area contributed by atoms with Crippen LogP contribution in [-0.2, 0) is 4.74 Å². The summed E-state index contributed by atoms with van der Waals surface area (Å²) in [5, 5.41) is 11.5. The molecule has 2 saturated heterocycles. The van der Waals surface area contributed by atoms with Crippen molar-refractivity contribution < 1.29 is 9.84 Å². The van der Waals surface area contributed by atoms with Crippen molar-refractivity contribution in [2.75, 3.05) is 18.0 Å². The third kappa shape index (κ3) is 3.52. The van der Waals surface area contributed by atoms with Crippen LogP contribution in [0.15, 0.2) is 12.4 Å². The molecule has 0 bridgehead atoms. The number of aryl methyl sites for hydroxylation is 2. The van der Waals surface area contributed by atoms with Gasteiger partial charge in [-0.1, -0.05) is 13.8 Å². The highest BCUT2D eigenvalue weighted by atomic mass is 16.5. The van der Waals surface area contributed by atoms with Crippen LogP contribution in [0.2, 0.25) is 0 Å². The maximum absolute atomic E-state index is 10.4. The molecule has 6 heteroatoms. The fourth-order valence-electron chi connectivity index (χ4n) is 4.68. The monoisotopic (exact) mass is 370 g/mol. The number of aliphatic hydroxyl groups excluding tert-OH is 1. The summed E-state index contributed by atoms with van der Waals surface area (Å²) in [6.45, 7) is 10.2. The molecule has 4 rings (SSSR count). The SMILES string of the molecule is Cc1cc(C)c2c(N3CCC4(CC3)C[C@H](O)C[C@H](C(C)C)O4)ncnc2n1. The zero-order valence-electron chi connectivity index (χ0n) is 16.8. The van der Waals surface area contributed by atoms with Crippen LogP contribution < -0.4 is 4.90 Å². The van der Waals surface area contributed by atoms with Gasteiger partial charge < -0.3 is 14.7 Å². The average molecular weight is 370 g/mol. The molecule has 0 radical (unpaired) electrons. The Morgan fingerprint density at radius 1 is 1.22 bits per heavy atom. The minimum atomic E-state index is -0.257. The van der Waals surface area contributed by atoms with Crippen LogP contribution in [0.4, 0.5) is 5.82 Å². The molecule has 1 spiro atoms. The van der Waals surface area contributed by atoms with Crippen molar-refractivity contribution in [2.45, 2.75) is 71.2 Å². The first kappa shape index (κ1) is 18.6. The predicted octanol–water partition coefficient (Wildman–Crippen LogP) is 3.18. The molecule has 27 heavy (non-hydrogen) atoms. The van der Waals surface area contributed by atoms with Crippen LogP contribution in [0.5, 0.6) is 0 Å². The minimum absolute atomic E-state index is 0.148. The lowest BCUT2D eigenvalue weighted by atomic mass is 9.80. The van der Waals surface area contributed by atoms with E-state index in [0.29, 0.717) is 5.92 Å². The first-order valence-corrected chi connectivity index (χ1v) is 10.1. The topological polar surface area (TPSA) is 71.4 Å². The number of rotatable bonds is 2. The third-order valence-corrected chi connectivity index (χ3v) is 6.14. The Labute approximate surface area is 161 Å². The largest absolute Gasteiger partial charge is 0.393 e. The number of anilines is 1. The van der Waals surface area contributed by atoms with E-state index in [1.807, 2.05) is 6.92 Å². The normalized spacial score (nSPS) is 25.5. The van der Waals surface area contributed by atoms with E-state index in [2.05, 4.69) is 46.7 Å². The Balaban J connectivity index is 1.57. The van der Waals surface area contributed by atoms with Gasteiger partial charge in [0.2, 0.25) is 0 Å². The molecule has 0 aromatic carbocycles. The molecule has 0 aliphatic carbocycles. The molecule has 0 amide bonds. The van der Waals surface area contributed by atoms with Crippen molar-refractivity contribution >= 4 is 16.9 Å². The predicted molar refractivity (Wildman–Crippen MR) is 106 cm³/mol. The molecule has 146 valence electrons. The van der Waals surface area contributed by atoms with Gasteiger partial charge >= 0.3 is 0 Å². The summed E-state index contributed by atoms with van der Waals surface area (Å²) in [7, 11) is 0. The summed E-state index contributed by atoms with van der Waals surface area (Å²) in [6.07, 6.45) is 4.83. The molecule has 2 aliphatic heterocycles. The van der Waals surface area contributed by atoms with Gasteiger partial charge in [0, 0.05) is 25.2 Å². The minimum Gasteiger partial charge on any atom is -0.393 e. The highest BCUT2D eigenvalue weighted by molar-refractivity contribution is 5.90. The molecular weight excluding hydrogens is 340 g/mol. The first-order valence-electron chi connectivity index (χ1n) is 10.1. The molecule has 0 saturated carbocycles. The van der Waals surface area contributed by atoms with E-state index in [1.165, 1.54) is 0 Å². The molecule has 2 aromatic heterocycles. The highest BCUT2D eigenvalue weighted by Crippen LogP contribution is 2.40. The number of ether oxygens (including phenoxy) is 1. The molecule has 2 aromatic rings. The maximum atomic E-state index is 10.4. The van der Waals surface area contributed by atoms with Crippen molar-refractivity contribution in [3.63, 3.8) is 0 Å². The Morgan fingerprint density at radius 3 is 2.67 bits per heavy atom. The molecule has 4 heterocycles. The van der Waals surface area contributed by atoms with E-state index in [4.69, 9.17) is 4.74 Å². The van der Waals surface area contributed by atoms with Gasteiger partial charge in [0.15, 0.2) is 5.65 Å². The summed E-state index contributed by atoms with van der Waals surface area (Å²) in [4.78, 5) is 15.9. The number of hydrogen-bond donors (Lipinski definition) is 1.